The van der Waals surface area contributed by atoms with E-state index in [9.17, 15) is 14.4 Å². The summed E-state index contributed by atoms with van der Waals surface area (Å²) in [6.45, 7) is 8.15. The van der Waals surface area contributed by atoms with Gasteiger partial charge in [-0.1, -0.05) is 6.42 Å². The molecule has 1 saturated heterocycles. The number of amides is 2. The second-order valence-corrected chi connectivity index (χ2v) is 6.78. The molecule has 22 heavy (non-hydrogen) atoms. The Morgan fingerprint density at radius 1 is 1.18 bits per heavy atom. The first-order valence-corrected chi connectivity index (χ1v) is 7.97. The SMILES string of the molecule is CC(=O)CCCCCNC(=O)[C@H]1CCN1C(=O)OC(C)(C)C. The van der Waals surface area contributed by atoms with Crippen LogP contribution < -0.4 is 5.32 Å². The molecule has 126 valence electrons. The van der Waals surface area contributed by atoms with Crippen LogP contribution in [-0.4, -0.2) is 47.4 Å². The minimum absolute atomic E-state index is 0.122. The Bertz CT molecular complexity index is 415. The number of nitrogens with zero attached hydrogens (tertiary/aromatic N) is 1. The van der Waals surface area contributed by atoms with E-state index in [4.69, 9.17) is 4.74 Å². The predicted octanol–water partition coefficient (Wildman–Crippen LogP) is 2.26. The van der Waals surface area contributed by atoms with Crippen LogP contribution in [0.2, 0.25) is 0 Å². The van der Waals surface area contributed by atoms with Crippen molar-refractivity contribution in [3.05, 3.63) is 0 Å². The lowest BCUT2D eigenvalue weighted by molar-refractivity contribution is -0.130. The highest BCUT2D eigenvalue weighted by molar-refractivity contribution is 5.87. The highest BCUT2D eigenvalue weighted by atomic mass is 16.6. The Morgan fingerprint density at radius 2 is 1.86 bits per heavy atom. The van der Waals surface area contributed by atoms with Crippen LogP contribution in [0.3, 0.4) is 0 Å². The Hall–Kier alpha value is -1.59. The molecule has 0 aliphatic carbocycles. The zero-order valence-corrected chi connectivity index (χ0v) is 14.1. The lowest BCUT2D eigenvalue weighted by Gasteiger charge is -2.40. The first-order valence-electron chi connectivity index (χ1n) is 7.97. The second kappa shape index (κ2) is 8.15. The Morgan fingerprint density at radius 3 is 2.36 bits per heavy atom. The summed E-state index contributed by atoms with van der Waals surface area (Å²) in [5.74, 6) is 0.0789. The Kier molecular flexibility index (Phi) is 6.84. The second-order valence-electron chi connectivity index (χ2n) is 6.78. The van der Waals surface area contributed by atoms with Crippen molar-refractivity contribution in [2.45, 2.75) is 71.4 Å². The molecule has 1 atom stereocenters. The van der Waals surface area contributed by atoms with Crippen LogP contribution in [0.4, 0.5) is 4.79 Å². The van der Waals surface area contributed by atoms with E-state index in [1.54, 1.807) is 27.7 Å². The van der Waals surface area contributed by atoms with Crippen molar-refractivity contribution in [2.75, 3.05) is 13.1 Å². The molecule has 0 unspecified atom stereocenters. The predicted molar refractivity (Wildman–Crippen MR) is 83.5 cm³/mol. The molecule has 6 nitrogen and oxygen atoms in total. The molecule has 0 spiro atoms. The van der Waals surface area contributed by atoms with Crippen LogP contribution in [0.25, 0.3) is 0 Å². The summed E-state index contributed by atoms with van der Waals surface area (Å²) in [7, 11) is 0. The fraction of sp³-hybridized carbons (Fsp3) is 0.812. The number of unbranched alkanes of at least 4 members (excludes halogenated alkanes) is 2. The van der Waals surface area contributed by atoms with E-state index in [1.165, 1.54) is 4.90 Å². The summed E-state index contributed by atoms with van der Waals surface area (Å²) in [6, 6.07) is -0.410. The van der Waals surface area contributed by atoms with Crippen molar-refractivity contribution in [3.8, 4) is 0 Å². The monoisotopic (exact) mass is 312 g/mol. The Balaban J connectivity index is 2.23. The van der Waals surface area contributed by atoms with Crippen LogP contribution in [0.1, 0.15) is 59.8 Å². The summed E-state index contributed by atoms with van der Waals surface area (Å²) in [5.41, 5.74) is -0.551. The van der Waals surface area contributed by atoms with E-state index < -0.39 is 17.7 Å². The largest absolute Gasteiger partial charge is 0.444 e. The van der Waals surface area contributed by atoms with Gasteiger partial charge in [-0.15, -0.1) is 0 Å². The van der Waals surface area contributed by atoms with E-state index in [0.29, 0.717) is 25.9 Å². The maximum absolute atomic E-state index is 12.0. The van der Waals surface area contributed by atoms with Crippen molar-refractivity contribution in [1.29, 1.82) is 0 Å². The maximum Gasteiger partial charge on any atom is 0.410 e. The van der Waals surface area contributed by atoms with Crippen LogP contribution >= 0.6 is 0 Å². The summed E-state index contributed by atoms with van der Waals surface area (Å²) in [5, 5.41) is 2.85. The van der Waals surface area contributed by atoms with Gasteiger partial charge in [0.25, 0.3) is 0 Å². The van der Waals surface area contributed by atoms with Gasteiger partial charge >= 0.3 is 6.09 Å². The smallest absolute Gasteiger partial charge is 0.410 e. The standard InChI is InChI=1S/C16H28N2O4/c1-12(19)8-6-5-7-10-17-14(20)13-9-11-18(13)15(21)22-16(2,3)4/h13H,5-11H2,1-4H3,(H,17,20)/t13-/m1/s1. The summed E-state index contributed by atoms with van der Waals surface area (Å²) < 4.78 is 5.28. The number of hydrogen-bond acceptors (Lipinski definition) is 4. The maximum atomic E-state index is 12.0. The van der Waals surface area contributed by atoms with Gasteiger partial charge < -0.3 is 14.8 Å². The number of nitrogens with one attached hydrogen (secondary N) is 1. The van der Waals surface area contributed by atoms with Crippen LogP contribution in [0, 0.1) is 0 Å². The van der Waals surface area contributed by atoms with Crippen LogP contribution in [-0.2, 0) is 14.3 Å². The van der Waals surface area contributed by atoms with Gasteiger partial charge in [-0.25, -0.2) is 4.79 Å². The van der Waals surface area contributed by atoms with Gasteiger partial charge in [0.2, 0.25) is 5.91 Å². The fourth-order valence-corrected chi connectivity index (χ4v) is 2.20. The van der Waals surface area contributed by atoms with Crippen LogP contribution in [0.15, 0.2) is 0 Å². The van der Waals surface area contributed by atoms with Crippen molar-refractivity contribution >= 4 is 17.8 Å². The van der Waals surface area contributed by atoms with E-state index >= 15 is 0 Å². The number of rotatable bonds is 7. The van der Waals surface area contributed by atoms with Crippen molar-refractivity contribution in [1.82, 2.24) is 10.2 Å². The first-order chi connectivity index (χ1) is 10.2. The zero-order chi connectivity index (χ0) is 16.8. The highest BCUT2D eigenvalue weighted by Gasteiger charge is 2.39. The van der Waals surface area contributed by atoms with E-state index in [0.717, 1.165) is 19.3 Å². The third-order valence-electron chi connectivity index (χ3n) is 3.46. The molecular weight excluding hydrogens is 284 g/mol. The average molecular weight is 312 g/mol. The summed E-state index contributed by atoms with van der Waals surface area (Å²) in [4.78, 5) is 36.2. The van der Waals surface area contributed by atoms with Gasteiger partial charge in [0.15, 0.2) is 0 Å². The number of carbonyl (C=O) groups is 3. The number of ketones is 1. The van der Waals surface area contributed by atoms with E-state index in [2.05, 4.69) is 5.32 Å². The molecule has 6 heteroatoms. The molecule has 1 N–H and O–H groups in total. The Labute approximate surface area is 132 Å². The molecule has 1 aliphatic heterocycles. The lowest BCUT2D eigenvalue weighted by atomic mass is 10.0. The lowest BCUT2D eigenvalue weighted by Crippen LogP contribution is -2.59. The average Bonchev–Trinajstić information content (AvgIpc) is 2.29. The third-order valence-corrected chi connectivity index (χ3v) is 3.46. The van der Waals surface area contributed by atoms with Crippen molar-refractivity contribution < 1.29 is 19.1 Å². The number of likely N-dealkylation sites (tertiary alicyclic amines) is 1. The van der Waals surface area contributed by atoms with Crippen molar-refractivity contribution in [2.24, 2.45) is 0 Å². The minimum Gasteiger partial charge on any atom is -0.444 e. The topological polar surface area (TPSA) is 75.7 Å². The zero-order valence-electron chi connectivity index (χ0n) is 14.1. The quantitative estimate of drug-likeness (QED) is 0.732. The van der Waals surface area contributed by atoms with Crippen LogP contribution in [0.5, 0.6) is 0 Å². The van der Waals surface area contributed by atoms with Gasteiger partial charge in [0.1, 0.15) is 17.4 Å². The molecule has 2 amide bonds. The molecule has 1 rings (SSSR count). The molecule has 0 bridgehead atoms. The van der Waals surface area contributed by atoms with E-state index in [1.807, 2.05) is 0 Å². The molecule has 1 fully saturated rings. The molecule has 0 aromatic rings. The molecule has 0 saturated carbocycles. The summed E-state index contributed by atoms with van der Waals surface area (Å²) >= 11 is 0. The minimum atomic E-state index is -0.551. The number of hydrogen-bond donors (Lipinski definition) is 1. The highest BCUT2D eigenvalue weighted by Crippen LogP contribution is 2.21. The van der Waals surface area contributed by atoms with Gasteiger partial charge in [-0.3, -0.25) is 9.69 Å². The number of carbonyl (C=O) groups excluding carboxylic acids is 3. The third kappa shape index (κ3) is 6.45. The van der Waals surface area contributed by atoms with Gasteiger partial charge in [-0.2, -0.15) is 0 Å². The molecule has 0 radical (unpaired) electrons. The molecule has 1 heterocycles. The number of Topliss-reactive ketones (excluding diaryl/α,β-unsaturated/α-hetero) is 1. The summed E-state index contributed by atoms with van der Waals surface area (Å²) in [6.07, 6.45) is 3.47. The normalized spacial score (nSPS) is 17.6. The van der Waals surface area contributed by atoms with Crippen molar-refractivity contribution in [3.63, 3.8) is 0 Å². The molecule has 0 aromatic carbocycles. The molecular formula is C16H28N2O4. The van der Waals surface area contributed by atoms with Gasteiger partial charge in [0, 0.05) is 19.5 Å². The molecule has 1 aliphatic rings. The fourth-order valence-electron chi connectivity index (χ4n) is 2.20. The first kappa shape index (κ1) is 18.5. The van der Waals surface area contributed by atoms with E-state index in [-0.39, 0.29) is 11.7 Å². The molecule has 0 aromatic heterocycles. The van der Waals surface area contributed by atoms with Gasteiger partial charge in [-0.05, 0) is 47.0 Å². The number of ether oxygens (including phenoxy) is 1. The van der Waals surface area contributed by atoms with Gasteiger partial charge in [0.05, 0.1) is 0 Å².